The van der Waals surface area contributed by atoms with E-state index >= 15 is 0 Å². The third-order valence-corrected chi connectivity index (χ3v) is 6.22. The van der Waals surface area contributed by atoms with Crippen LogP contribution in [0.5, 0.6) is 0 Å². The molecule has 1 aliphatic heterocycles. The Hall–Kier alpha value is -3.97. The molecule has 6 nitrogen and oxygen atoms in total. The molecular formula is C27H20BrN3O3. The summed E-state index contributed by atoms with van der Waals surface area (Å²) in [4.78, 5) is 39.4. The normalized spacial score (nSPS) is 15.3. The van der Waals surface area contributed by atoms with Gasteiger partial charge in [0.05, 0.1) is 5.69 Å². The predicted molar refractivity (Wildman–Crippen MR) is 135 cm³/mol. The molecule has 168 valence electrons. The average molecular weight is 514 g/mol. The van der Waals surface area contributed by atoms with Crippen molar-refractivity contribution in [1.29, 1.82) is 0 Å². The van der Waals surface area contributed by atoms with Crippen LogP contribution >= 0.6 is 15.9 Å². The summed E-state index contributed by atoms with van der Waals surface area (Å²) in [7, 11) is 0. The number of anilines is 1. The minimum Gasteiger partial charge on any atom is -0.342 e. The molecule has 0 atom stereocenters. The average Bonchev–Trinajstić information content (AvgIpc) is 3.14. The fourth-order valence-corrected chi connectivity index (χ4v) is 4.58. The van der Waals surface area contributed by atoms with Gasteiger partial charge in [-0.3, -0.25) is 14.9 Å². The minimum atomic E-state index is -0.771. The largest absolute Gasteiger partial charge is 0.342 e. The van der Waals surface area contributed by atoms with Crippen LogP contribution in [0, 0.1) is 6.92 Å². The van der Waals surface area contributed by atoms with Crippen molar-refractivity contribution >= 4 is 56.4 Å². The molecule has 4 amide bonds. The number of imide groups is 2. The van der Waals surface area contributed by atoms with E-state index in [9.17, 15) is 14.4 Å². The van der Waals surface area contributed by atoms with Gasteiger partial charge in [0.15, 0.2) is 0 Å². The van der Waals surface area contributed by atoms with Gasteiger partial charge >= 0.3 is 6.03 Å². The van der Waals surface area contributed by atoms with E-state index in [2.05, 4.69) is 50.9 Å². The number of benzene rings is 3. The third kappa shape index (κ3) is 4.06. The summed E-state index contributed by atoms with van der Waals surface area (Å²) in [5.41, 5.74) is 4.32. The number of rotatable bonds is 4. The molecule has 4 aromatic rings. The third-order valence-electron chi connectivity index (χ3n) is 5.72. The first kappa shape index (κ1) is 21.9. The Morgan fingerprint density at radius 2 is 1.74 bits per heavy atom. The van der Waals surface area contributed by atoms with Crippen LogP contribution in [0.25, 0.3) is 17.0 Å². The van der Waals surface area contributed by atoms with Crippen molar-refractivity contribution in [3.8, 4) is 0 Å². The van der Waals surface area contributed by atoms with Gasteiger partial charge in [0, 0.05) is 33.7 Å². The molecule has 5 rings (SSSR count). The lowest BCUT2D eigenvalue weighted by molar-refractivity contribution is -0.122. The first-order valence-electron chi connectivity index (χ1n) is 10.7. The zero-order valence-electron chi connectivity index (χ0n) is 18.3. The van der Waals surface area contributed by atoms with E-state index < -0.39 is 17.8 Å². The summed E-state index contributed by atoms with van der Waals surface area (Å²) in [6.45, 7) is 2.70. The molecule has 1 saturated heterocycles. The van der Waals surface area contributed by atoms with Crippen LogP contribution in [0.3, 0.4) is 0 Å². The highest BCUT2D eigenvalue weighted by molar-refractivity contribution is 9.10. The molecule has 0 aliphatic carbocycles. The molecule has 34 heavy (non-hydrogen) atoms. The number of nitrogens with zero attached hydrogens (tertiary/aromatic N) is 2. The van der Waals surface area contributed by atoms with Gasteiger partial charge in [-0.2, -0.15) is 0 Å². The molecule has 0 unspecified atom stereocenters. The number of hydrogen-bond donors (Lipinski definition) is 1. The van der Waals surface area contributed by atoms with Crippen LogP contribution in [-0.4, -0.2) is 22.4 Å². The van der Waals surface area contributed by atoms with E-state index in [0.29, 0.717) is 16.7 Å². The molecule has 7 heteroatoms. The van der Waals surface area contributed by atoms with E-state index in [-0.39, 0.29) is 5.57 Å². The Kier molecular flexibility index (Phi) is 5.63. The van der Waals surface area contributed by atoms with Crippen LogP contribution in [0.1, 0.15) is 16.7 Å². The molecule has 1 N–H and O–H groups in total. The van der Waals surface area contributed by atoms with Crippen LogP contribution in [0.15, 0.2) is 89.0 Å². The molecular weight excluding hydrogens is 494 g/mol. The summed E-state index contributed by atoms with van der Waals surface area (Å²) in [5.74, 6) is -1.38. The van der Waals surface area contributed by atoms with Crippen molar-refractivity contribution in [2.24, 2.45) is 0 Å². The Morgan fingerprint density at radius 1 is 0.941 bits per heavy atom. The van der Waals surface area contributed by atoms with Gasteiger partial charge in [-0.15, -0.1) is 0 Å². The van der Waals surface area contributed by atoms with Gasteiger partial charge in [-0.25, -0.2) is 9.69 Å². The molecule has 0 radical (unpaired) electrons. The van der Waals surface area contributed by atoms with Crippen LogP contribution in [0.2, 0.25) is 0 Å². The van der Waals surface area contributed by atoms with Crippen molar-refractivity contribution in [1.82, 2.24) is 9.88 Å². The molecule has 1 fully saturated rings. The maximum absolute atomic E-state index is 13.3. The van der Waals surface area contributed by atoms with Crippen LogP contribution < -0.4 is 10.2 Å². The Morgan fingerprint density at radius 3 is 2.53 bits per heavy atom. The van der Waals surface area contributed by atoms with Crippen molar-refractivity contribution < 1.29 is 14.4 Å². The number of nitrogens with one attached hydrogen (secondary N) is 1. The number of fused-ring (bicyclic) bond motifs is 1. The quantitative estimate of drug-likeness (QED) is 0.292. The molecule has 3 aromatic carbocycles. The summed E-state index contributed by atoms with van der Waals surface area (Å²) in [6.07, 6.45) is 3.49. The number of aryl methyl sites for hydroxylation is 1. The number of urea groups is 1. The number of aromatic nitrogens is 1. The number of hydrogen-bond acceptors (Lipinski definition) is 3. The van der Waals surface area contributed by atoms with E-state index in [4.69, 9.17) is 0 Å². The maximum Gasteiger partial charge on any atom is 0.335 e. The maximum atomic E-state index is 13.3. The zero-order chi connectivity index (χ0) is 23.8. The van der Waals surface area contributed by atoms with Crippen molar-refractivity contribution in [2.45, 2.75) is 13.5 Å². The lowest BCUT2D eigenvalue weighted by Gasteiger charge is -2.26. The highest BCUT2D eigenvalue weighted by Crippen LogP contribution is 2.28. The fraction of sp³-hybridized carbons (Fsp3) is 0.0741. The molecule has 1 aliphatic rings. The van der Waals surface area contributed by atoms with Crippen molar-refractivity contribution in [2.75, 3.05) is 4.90 Å². The van der Waals surface area contributed by atoms with E-state index in [0.717, 1.165) is 26.9 Å². The topological polar surface area (TPSA) is 71.4 Å². The van der Waals surface area contributed by atoms with Gasteiger partial charge in [-0.05, 0) is 42.8 Å². The molecule has 0 bridgehead atoms. The summed E-state index contributed by atoms with van der Waals surface area (Å²) in [6, 6.07) is 22.2. The smallest absolute Gasteiger partial charge is 0.335 e. The lowest BCUT2D eigenvalue weighted by atomic mass is 10.1. The van der Waals surface area contributed by atoms with Crippen molar-refractivity contribution in [3.05, 3.63) is 106 Å². The minimum absolute atomic E-state index is 0.0990. The standard InChI is InChI=1S/C27H20BrN3O3/c1-17-6-4-7-18(12-17)15-30-16-19(22-10-2-3-11-24(22)30)13-23-25(32)29-27(34)31(26(23)33)21-9-5-8-20(28)14-21/h2-14,16H,15H2,1H3,(H,29,32,34)/b23-13+. The van der Waals surface area contributed by atoms with Crippen molar-refractivity contribution in [3.63, 3.8) is 0 Å². The predicted octanol–water partition coefficient (Wildman–Crippen LogP) is 5.43. The fourth-order valence-electron chi connectivity index (χ4n) is 4.19. The molecule has 1 aromatic heterocycles. The molecule has 0 saturated carbocycles. The van der Waals surface area contributed by atoms with Gasteiger partial charge < -0.3 is 4.57 Å². The van der Waals surface area contributed by atoms with Crippen LogP contribution in [0.4, 0.5) is 10.5 Å². The lowest BCUT2D eigenvalue weighted by Crippen LogP contribution is -2.54. The number of amides is 4. The first-order valence-corrected chi connectivity index (χ1v) is 11.5. The number of carbonyl (C=O) groups excluding carboxylic acids is 3. The second-order valence-electron chi connectivity index (χ2n) is 8.16. The van der Waals surface area contributed by atoms with Gasteiger partial charge in [-0.1, -0.05) is 70.0 Å². The zero-order valence-corrected chi connectivity index (χ0v) is 19.9. The Labute approximate surface area is 204 Å². The number of halogens is 1. The Balaban J connectivity index is 1.57. The first-order chi connectivity index (χ1) is 16.4. The highest BCUT2D eigenvalue weighted by atomic mass is 79.9. The number of barbiturate groups is 1. The second kappa shape index (κ2) is 8.76. The van der Waals surface area contributed by atoms with Gasteiger partial charge in [0.2, 0.25) is 0 Å². The number of para-hydroxylation sites is 1. The molecule has 2 heterocycles. The van der Waals surface area contributed by atoms with E-state index in [1.165, 1.54) is 5.56 Å². The Bertz CT molecular complexity index is 1500. The summed E-state index contributed by atoms with van der Waals surface area (Å²) >= 11 is 3.36. The van der Waals surface area contributed by atoms with Gasteiger partial charge in [0.1, 0.15) is 5.57 Å². The SMILES string of the molecule is Cc1cccc(Cn2cc(/C=C3\C(=O)NC(=O)N(c4cccc(Br)c4)C3=O)c3ccccc32)c1. The van der Waals surface area contributed by atoms with Gasteiger partial charge in [0.25, 0.3) is 11.8 Å². The summed E-state index contributed by atoms with van der Waals surface area (Å²) < 4.78 is 2.81. The van der Waals surface area contributed by atoms with Crippen LogP contribution in [-0.2, 0) is 16.1 Å². The summed E-state index contributed by atoms with van der Waals surface area (Å²) in [5, 5.41) is 3.20. The molecule has 0 spiro atoms. The van der Waals surface area contributed by atoms with E-state index in [1.807, 2.05) is 36.5 Å². The second-order valence-corrected chi connectivity index (χ2v) is 9.07. The highest BCUT2D eigenvalue weighted by Gasteiger charge is 2.37. The van der Waals surface area contributed by atoms with E-state index in [1.54, 1.807) is 30.3 Å². The monoisotopic (exact) mass is 513 g/mol. The number of carbonyl (C=O) groups is 3.